The van der Waals surface area contributed by atoms with Crippen LogP contribution in [-0.4, -0.2) is 23.0 Å². The molecule has 0 fully saturated rings. The Hall–Kier alpha value is -2.56. The molecule has 104 valence electrons. The number of carbonyl (C=O) groups is 2. The minimum Gasteiger partial charge on any atom is -0.480 e. The van der Waals surface area contributed by atoms with Gasteiger partial charge >= 0.3 is 5.97 Å². The van der Waals surface area contributed by atoms with Crippen LogP contribution in [0.1, 0.15) is 21.9 Å². The van der Waals surface area contributed by atoms with Crippen LogP contribution in [0.4, 0.5) is 0 Å². The van der Waals surface area contributed by atoms with Gasteiger partial charge in [0.1, 0.15) is 11.8 Å². The van der Waals surface area contributed by atoms with Crippen molar-refractivity contribution in [2.75, 3.05) is 0 Å². The van der Waals surface area contributed by atoms with E-state index in [4.69, 9.17) is 4.42 Å². The van der Waals surface area contributed by atoms with E-state index in [0.717, 1.165) is 5.56 Å². The molecule has 0 saturated carbocycles. The Morgan fingerprint density at radius 1 is 1.20 bits per heavy atom. The SMILES string of the molecule is Cc1ccc(C(=O)NC(Cc2ccccc2)C(=O)O)o1. The molecule has 0 aliphatic carbocycles. The molecule has 0 saturated heterocycles. The molecule has 1 aromatic heterocycles. The summed E-state index contributed by atoms with van der Waals surface area (Å²) in [5, 5.41) is 11.7. The van der Waals surface area contributed by atoms with Crippen LogP contribution in [0.3, 0.4) is 0 Å². The Morgan fingerprint density at radius 3 is 2.45 bits per heavy atom. The summed E-state index contributed by atoms with van der Waals surface area (Å²) in [6.45, 7) is 1.72. The van der Waals surface area contributed by atoms with Crippen LogP contribution >= 0.6 is 0 Å². The summed E-state index contributed by atoms with van der Waals surface area (Å²) in [6.07, 6.45) is 0.224. The smallest absolute Gasteiger partial charge is 0.326 e. The molecule has 0 aliphatic heterocycles. The van der Waals surface area contributed by atoms with E-state index < -0.39 is 17.9 Å². The molecule has 1 atom stereocenters. The maximum atomic E-state index is 11.9. The average Bonchev–Trinajstić information content (AvgIpc) is 2.86. The van der Waals surface area contributed by atoms with E-state index in [-0.39, 0.29) is 12.2 Å². The first kappa shape index (κ1) is 13.9. The lowest BCUT2D eigenvalue weighted by molar-refractivity contribution is -0.139. The summed E-state index contributed by atoms with van der Waals surface area (Å²) in [5.41, 5.74) is 0.843. The highest BCUT2D eigenvalue weighted by Gasteiger charge is 2.22. The monoisotopic (exact) mass is 273 g/mol. The van der Waals surface area contributed by atoms with E-state index in [2.05, 4.69) is 5.32 Å². The minimum atomic E-state index is -1.08. The van der Waals surface area contributed by atoms with E-state index in [1.165, 1.54) is 6.07 Å². The van der Waals surface area contributed by atoms with Crippen molar-refractivity contribution in [1.29, 1.82) is 0 Å². The average molecular weight is 273 g/mol. The van der Waals surface area contributed by atoms with Gasteiger partial charge in [0.25, 0.3) is 5.91 Å². The molecule has 0 radical (unpaired) electrons. The maximum absolute atomic E-state index is 11.9. The molecule has 20 heavy (non-hydrogen) atoms. The molecule has 0 bridgehead atoms. The lowest BCUT2D eigenvalue weighted by Gasteiger charge is -2.13. The topological polar surface area (TPSA) is 79.5 Å². The Morgan fingerprint density at radius 2 is 1.90 bits per heavy atom. The summed E-state index contributed by atoms with van der Waals surface area (Å²) < 4.78 is 5.17. The summed E-state index contributed by atoms with van der Waals surface area (Å²) in [7, 11) is 0. The van der Waals surface area contributed by atoms with E-state index in [1.807, 2.05) is 30.3 Å². The molecule has 1 aromatic carbocycles. The number of hydrogen-bond donors (Lipinski definition) is 2. The van der Waals surface area contributed by atoms with Crippen LogP contribution < -0.4 is 5.32 Å². The number of benzene rings is 1. The number of rotatable bonds is 5. The number of carboxylic acid groups (broad SMARTS) is 1. The van der Waals surface area contributed by atoms with Gasteiger partial charge in [-0.3, -0.25) is 4.79 Å². The first-order valence-corrected chi connectivity index (χ1v) is 6.20. The summed E-state index contributed by atoms with van der Waals surface area (Å²) >= 11 is 0. The maximum Gasteiger partial charge on any atom is 0.326 e. The zero-order chi connectivity index (χ0) is 14.5. The van der Waals surface area contributed by atoms with Crippen LogP contribution in [0.15, 0.2) is 46.9 Å². The molecule has 5 heteroatoms. The predicted octanol–water partition coefficient (Wildman–Crippen LogP) is 2.01. The second kappa shape index (κ2) is 6.06. The normalized spacial score (nSPS) is 11.8. The zero-order valence-corrected chi connectivity index (χ0v) is 11.0. The second-order valence-electron chi connectivity index (χ2n) is 4.46. The van der Waals surface area contributed by atoms with E-state index in [1.54, 1.807) is 13.0 Å². The fourth-order valence-corrected chi connectivity index (χ4v) is 1.84. The Labute approximate surface area is 116 Å². The summed E-state index contributed by atoms with van der Waals surface area (Å²) in [6, 6.07) is 11.3. The van der Waals surface area contributed by atoms with Gasteiger partial charge in [-0.15, -0.1) is 0 Å². The quantitative estimate of drug-likeness (QED) is 0.873. The molecular formula is C15H15NO4. The number of furan rings is 1. The Balaban J connectivity index is 2.06. The Kier molecular flexibility index (Phi) is 4.20. The highest BCUT2D eigenvalue weighted by atomic mass is 16.4. The van der Waals surface area contributed by atoms with Crippen LogP contribution in [0.5, 0.6) is 0 Å². The largest absolute Gasteiger partial charge is 0.480 e. The zero-order valence-electron chi connectivity index (χ0n) is 11.0. The molecule has 0 aliphatic rings. The van der Waals surface area contributed by atoms with Crippen molar-refractivity contribution >= 4 is 11.9 Å². The van der Waals surface area contributed by atoms with Crippen molar-refractivity contribution in [2.45, 2.75) is 19.4 Å². The molecule has 0 spiro atoms. The van der Waals surface area contributed by atoms with Crippen LogP contribution in [-0.2, 0) is 11.2 Å². The van der Waals surface area contributed by atoms with E-state index in [9.17, 15) is 14.7 Å². The standard InChI is InChI=1S/C15H15NO4/c1-10-7-8-13(20-10)14(17)16-12(15(18)19)9-11-5-3-2-4-6-11/h2-8,12H,9H2,1H3,(H,16,17)(H,18,19). The van der Waals surface area contributed by atoms with Crippen molar-refractivity contribution in [3.63, 3.8) is 0 Å². The molecule has 2 N–H and O–H groups in total. The van der Waals surface area contributed by atoms with Crippen molar-refractivity contribution in [2.24, 2.45) is 0 Å². The van der Waals surface area contributed by atoms with Crippen LogP contribution in [0.25, 0.3) is 0 Å². The van der Waals surface area contributed by atoms with Gasteiger partial charge in [-0.1, -0.05) is 30.3 Å². The van der Waals surface area contributed by atoms with Crippen molar-refractivity contribution < 1.29 is 19.1 Å². The van der Waals surface area contributed by atoms with Gasteiger partial charge in [0.05, 0.1) is 0 Å². The lowest BCUT2D eigenvalue weighted by Crippen LogP contribution is -2.42. The third kappa shape index (κ3) is 3.47. The second-order valence-corrected chi connectivity index (χ2v) is 4.46. The first-order valence-electron chi connectivity index (χ1n) is 6.20. The van der Waals surface area contributed by atoms with Crippen LogP contribution in [0.2, 0.25) is 0 Å². The number of carbonyl (C=O) groups excluding carboxylic acids is 1. The molecule has 2 rings (SSSR count). The van der Waals surface area contributed by atoms with Gasteiger partial charge in [0.15, 0.2) is 5.76 Å². The van der Waals surface area contributed by atoms with Crippen LogP contribution in [0, 0.1) is 6.92 Å². The van der Waals surface area contributed by atoms with Gasteiger partial charge in [0.2, 0.25) is 0 Å². The number of aliphatic carboxylic acids is 1. The number of hydrogen-bond acceptors (Lipinski definition) is 3. The predicted molar refractivity (Wildman–Crippen MR) is 72.5 cm³/mol. The fraction of sp³-hybridized carbons (Fsp3) is 0.200. The van der Waals surface area contributed by atoms with E-state index >= 15 is 0 Å². The molecule has 5 nitrogen and oxygen atoms in total. The fourth-order valence-electron chi connectivity index (χ4n) is 1.84. The van der Waals surface area contributed by atoms with Crippen molar-refractivity contribution in [1.82, 2.24) is 5.32 Å². The third-order valence-electron chi connectivity index (χ3n) is 2.85. The molecule has 1 heterocycles. The number of aryl methyl sites for hydroxylation is 1. The number of carboxylic acids is 1. The highest BCUT2D eigenvalue weighted by molar-refractivity contribution is 5.94. The number of amides is 1. The van der Waals surface area contributed by atoms with Gasteiger partial charge < -0.3 is 14.8 Å². The minimum absolute atomic E-state index is 0.113. The van der Waals surface area contributed by atoms with Gasteiger partial charge in [-0.05, 0) is 24.6 Å². The summed E-state index contributed by atoms with van der Waals surface area (Å²) in [4.78, 5) is 23.1. The molecule has 1 unspecified atom stereocenters. The molecular weight excluding hydrogens is 258 g/mol. The third-order valence-corrected chi connectivity index (χ3v) is 2.85. The molecule has 1 amide bonds. The highest BCUT2D eigenvalue weighted by Crippen LogP contribution is 2.08. The molecule has 2 aromatic rings. The lowest BCUT2D eigenvalue weighted by atomic mass is 10.1. The number of nitrogens with one attached hydrogen (secondary N) is 1. The van der Waals surface area contributed by atoms with Gasteiger partial charge in [-0.2, -0.15) is 0 Å². The summed E-state index contributed by atoms with van der Waals surface area (Å²) in [5.74, 6) is -0.890. The van der Waals surface area contributed by atoms with Gasteiger partial charge in [0, 0.05) is 6.42 Å². The van der Waals surface area contributed by atoms with Gasteiger partial charge in [-0.25, -0.2) is 4.79 Å². The first-order chi connectivity index (χ1) is 9.56. The van der Waals surface area contributed by atoms with Crippen molar-refractivity contribution in [3.05, 3.63) is 59.5 Å². The van der Waals surface area contributed by atoms with Crippen molar-refractivity contribution in [3.8, 4) is 0 Å². The Bertz CT molecular complexity index is 603. The van der Waals surface area contributed by atoms with E-state index in [0.29, 0.717) is 5.76 Å².